The molecule has 1 aromatic heterocycles. The Morgan fingerprint density at radius 3 is 2.75 bits per heavy atom. The minimum absolute atomic E-state index is 1.04. The number of aromatic nitrogens is 2. The van der Waals surface area contributed by atoms with Crippen LogP contribution < -0.4 is 0 Å². The first-order valence-corrected chi connectivity index (χ1v) is 6.44. The minimum atomic E-state index is 1.04. The predicted molar refractivity (Wildman–Crippen MR) is 69.4 cm³/mol. The molecule has 0 bridgehead atoms. The van der Waals surface area contributed by atoms with Gasteiger partial charge in [0.1, 0.15) is 0 Å². The number of rotatable bonds is 3. The summed E-state index contributed by atoms with van der Waals surface area (Å²) in [5.41, 5.74) is 3.84. The van der Waals surface area contributed by atoms with Gasteiger partial charge in [-0.1, -0.05) is 24.8 Å². The van der Waals surface area contributed by atoms with Gasteiger partial charge in [-0.3, -0.25) is 4.57 Å². The van der Waals surface area contributed by atoms with Crippen LogP contribution in [0, 0.1) is 13.8 Å². The lowest BCUT2D eigenvalue weighted by molar-refractivity contribution is 0.893. The Kier molecular flexibility index (Phi) is 3.34. The number of hydrogen-bond acceptors (Lipinski definition) is 2. The molecule has 0 aliphatic heterocycles. The normalized spacial score (nSPS) is 10.7. The van der Waals surface area contributed by atoms with E-state index in [-0.39, 0.29) is 0 Å². The third-order valence-electron chi connectivity index (χ3n) is 2.65. The molecule has 3 heteroatoms. The van der Waals surface area contributed by atoms with Crippen LogP contribution in [0.4, 0.5) is 0 Å². The maximum Gasteiger partial charge on any atom is 0.172 e. The van der Waals surface area contributed by atoms with Gasteiger partial charge in [-0.25, -0.2) is 4.98 Å². The van der Waals surface area contributed by atoms with Crippen LogP contribution in [0.25, 0.3) is 5.69 Å². The zero-order valence-corrected chi connectivity index (χ0v) is 10.7. The molecule has 0 radical (unpaired) electrons. The van der Waals surface area contributed by atoms with Gasteiger partial charge < -0.3 is 0 Å². The highest BCUT2D eigenvalue weighted by Crippen LogP contribution is 2.21. The Morgan fingerprint density at radius 1 is 1.25 bits per heavy atom. The molecule has 16 heavy (non-hydrogen) atoms. The maximum atomic E-state index is 4.36. The molecule has 84 valence electrons. The summed E-state index contributed by atoms with van der Waals surface area (Å²) in [6.07, 6.45) is 3.87. The van der Waals surface area contributed by atoms with Crippen LogP contribution in [0.3, 0.4) is 0 Å². The smallest absolute Gasteiger partial charge is 0.172 e. The van der Waals surface area contributed by atoms with Gasteiger partial charge in [0.25, 0.3) is 0 Å². The second-order valence-corrected chi connectivity index (χ2v) is 5.01. The van der Waals surface area contributed by atoms with Gasteiger partial charge in [0.15, 0.2) is 5.16 Å². The molecule has 0 spiro atoms. The van der Waals surface area contributed by atoms with Crippen molar-refractivity contribution >= 4 is 11.8 Å². The number of hydrogen-bond donors (Lipinski definition) is 0. The molecule has 0 fully saturated rings. The van der Waals surface area contributed by atoms with Gasteiger partial charge in [0, 0.05) is 18.1 Å². The third kappa shape index (κ3) is 2.14. The molecule has 2 rings (SSSR count). The molecule has 0 atom stereocenters. The number of imidazole rings is 1. The molecule has 0 aliphatic carbocycles. The van der Waals surface area contributed by atoms with Crippen LogP contribution in [0.1, 0.15) is 18.1 Å². The standard InChI is InChI=1S/C13H16N2S/c1-4-16-13-14-7-8-15(13)12-6-5-10(2)11(3)9-12/h5-9H,4H2,1-3H3. The maximum absolute atomic E-state index is 4.36. The number of thioether (sulfide) groups is 1. The highest BCUT2D eigenvalue weighted by molar-refractivity contribution is 7.99. The first-order chi connectivity index (χ1) is 7.72. The monoisotopic (exact) mass is 232 g/mol. The Balaban J connectivity index is 2.42. The fraction of sp³-hybridized carbons (Fsp3) is 0.308. The van der Waals surface area contributed by atoms with E-state index in [2.05, 4.69) is 48.5 Å². The highest BCUT2D eigenvalue weighted by atomic mass is 32.2. The molecular weight excluding hydrogens is 216 g/mol. The van der Waals surface area contributed by atoms with Gasteiger partial charge in [0.05, 0.1) is 0 Å². The van der Waals surface area contributed by atoms with Crippen LogP contribution in [0.2, 0.25) is 0 Å². The van der Waals surface area contributed by atoms with Crippen molar-refractivity contribution in [2.75, 3.05) is 5.75 Å². The van der Waals surface area contributed by atoms with E-state index in [1.807, 2.05) is 12.4 Å². The van der Waals surface area contributed by atoms with E-state index in [9.17, 15) is 0 Å². The molecule has 1 aromatic carbocycles. The summed E-state index contributed by atoms with van der Waals surface area (Å²) in [5.74, 6) is 1.04. The van der Waals surface area contributed by atoms with Crippen LogP contribution in [-0.2, 0) is 0 Å². The molecule has 2 nitrogen and oxygen atoms in total. The van der Waals surface area contributed by atoms with Crippen molar-refractivity contribution in [1.82, 2.24) is 9.55 Å². The lowest BCUT2D eigenvalue weighted by atomic mass is 10.1. The summed E-state index contributed by atoms with van der Waals surface area (Å²) >= 11 is 1.77. The zero-order chi connectivity index (χ0) is 11.5. The molecule has 0 amide bonds. The number of nitrogens with zero attached hydrogens (tertiary/aromatic N) is 2. The van der Waals surface area contributed by atoms with Gasteiger partial charge in [0.2, 0.25) is 0 Å². The molecule has 2 aromatic rings. The van der Waals surface area contributed by atoms with Crippen molar-refractivity contribution in [3.8, 4) is 5.69 Å². The fourth-order valence-corrected chi connectivity index (χ4v) is 2.30. The van der Waals surface area contributed by atoms with E-state index >= 15 is 0 Å². The number of benzene rings is 1. The quantitative estimate of drug-likeness (QED) is 0.752. The van der Waals surface area contributed by atoms with Gasteiger partial charge in [-0.15, -0.1) is 0 Å². The van der Waals surface area contributed by atoms with E-state index in [0.29, 0.717) is 0 Å². The van der Waals surface area contributed by atoms with Gasteiger partial charge in [-0.05, 0) is 42.9 Å². The Bertz CT molecular complexity index is 488. The van der Waals surface area contributed by atoms with E-state index in [1.165, 1.54) is 16.8 Å². The summed E-state index contributed by atoms with van der Waals surface area (Å²) in [4.78, 5) is 4.36. The largest absolute Gasteiger partial charge is 0.295 e. The van der Waals surface area contributed by atoms with Crippen LogP contribution >= 0.6 is 11.8 Å². The molecule has 0 saturated heterocycles. The number of aryl methyl sites for hydroxylation is 2. The van der Waals surface area contributed by atoms with E-state index < -0.39 is 0 Å². The van der Waals surface area contributed by atoms with Crippen molar-refractivity contribution in [1.29, 1.82) is 0 Å². The topological polar surface area (TPSA) is 17.8 Å². The van der Waals surface area contributed by atoms with E-state index in [0.717, 1.165) is 10.9 Å². The lowest BCUT2D eigenvalue weighted by Crippen LogP contribution is -1.96. The van der Waals surface area contributed by atoms with E-state index in [4.69, 9.17) is 0 Å². The SMILES string of the molecule is CCSc1nccn1-c1ccc(C)c(C)c1. The van der Waals surface area contributed by atoms with Gasteiger partial charge >= 0.3 is 0 Å². The van der Waals surface area contributed by atoms with Crippen molar-refractivity contribution in [2.45, 2.75) is 25.9 Å². The summed E-state index contributed by atoms with van der Waals surface area (Å²) in [6.45, 7) is 6.42. The minimum Gasteiger partial charge on any atom is -0.295 e. The highest BCUT2D eigenvalue weighted by Gasteiger charge is 2.05. The first-order valence-electron chi connectivity index (χ1n) is 5.46. The average molecular weight is 232 g/mol. The van der Waals surface area contributed by atoms with Crippen LogP contribution in [0.5, 0.6) is 0 Å². The summed E-state index contributed by atoms with van der Waals surface area (Å²) in [7, 11) is 0. The molecular formula is C13H16N2S. The predicted octanol–water partition coefficient (Wildman–Crippen LogP) is 3.60. The second kappa shape index (κ2) is 4.74. The second-order valence-electron chi connectivity index (χ2n) is 3.78. The van der Waals surface area contributed by atoms with Crippen molar-refractivity contribution in [2.24, 2.45) is 0 Å². The average Bonchev–Trinajstić information content (AvgIpc) is 2.71. The van der Waals surface area contributed by atoms with Crippen LogP contribution in [-0.4, -0.2) is 15.3 Å². The summed E-state index contributed by atoms with van der Waals surface area (Å²) in [5, 5.41) is 1.06. The fourth-order valence-electron chi connectivity index (χ4n) is 1.60. The Labute approximate surface area is 101 Å². The molecule has 0 aliphatic rings. The molecule has 0 N–H and O–H groups in total. The van der Waals surface area contributed by atoms with Crippen molar-refractivity contribution in [3.05, 3.63) is 41.7 Å². The molecule has 1 heterocycles. The summed E-state index contributed by atoms with van der Waals surface area (Å²) in [6, 6.07) is 6.51. The van der Waals surface area contributed by atoms with Gasteiger partial charge in [-0.2, -0.15) is 0 Å². The molecule has 0 saturated carbocycles. The Morgan fingerprint density at radius 2 is 2.06 bits per heavy atom. The first kappa shape index (κ1) is 11.3. The third-order valence-corrected chi connectivity index (χ3v) is 3.50. The zero-order valence-electron chi connectivity index (χ0n) is 9.90. The van der Waals surface area contributed by atoms with Crippen molar-refractivity contribution < 1.29 is 0 Å². The Hall–Kier alpha value is -1.22. The summed E-state index contributed by atoms with van der Waals surface area (Å²) < 4.78 is 2.14. The van der Waals surface area contributed by atoms with Crippen molar-refractivity contribution in [3.63, 3.8) is 0 Å². The van der Waals surface area contributed by atoms with E-state index in [1.54, 1.807) is 11.8 Å². The lowest BCUT2D eigenvalue weighted by Gasteiger charge is -2.08. The van der Waals surface area contributed by atoms with Crippen LogP contribution in [0.15, 0.2) is 35.7 Å². The molecule has 0 unspecified atom stereocenters.